The third-order valence-electron chi connectivity index (χ3n) is 3.63. The molecule has 5 heteroatoms. The zero-order valence-electron chi connectivity index (χ0n) is 12.6. The summed E-state index contributed by atoms with van der Waals surface area (Å²) in [5, 5.41) is 9.28. The maximum absolute atomic E-state index is 11.3. The Morgan fingerprint density at radius 1 is 1.33 bits per heavy atom. The number of unbranched alkanes of at least 4 members (excludes halogenated alkanes) is 2. The number of hydrogen-bond acceptors (Lipinski definition) is 3. The van der Waals surface area contributed by atoms with Gasteiger partial charge >= 0.3 is 5.97 Å². The van der Waals surface area contributed by atoms with E-state index in [9.17, 15) is 9.90 Å². The lowest BCUT2D eigenvalue weighted by Crippen LogP contribution is -2.03. The zero-order chi connectivity index (χ0) is 15.2. The number of aromatic carboxylic acids is 1. The summed E-state index contributed by atoms with van der Waals surface area (Å²) in [5.41, 5.74) is 1.85. The molecule has 1 aromatic carbocycles. The minimum absolute atomic E-state index is 0.295. The van der Waals surface area contributed by atoms with E-state index < -0.39 is 5.97 Å². The van der Waals surface area contributed by atoms with E-state index in [1.807, 2.05) is 17.8 Å². The fraction of sp³-hybridized carbons (Fsp3) is 0.500. The van der Waals surface area contributed by atoms with Gasteiger partial charge in [0.25, 0.3) is 0 Å². The van der Waals surface area contributed by atoms with Crippen LogP contribution in [0.25, 0.3) is 11.0 Å². The molecule has 1 heterocycles. The normalized spacial score (nSPS) is 11.1. The van der Waals surface area contributed by atoms with Crippen LogP contribution in [0.15, 0.2) is 18.2 Å². The molecule has 2 rings (SSSR count). The molecule has 0 aliphatic carbocycles. The van der Waals surface area contributed by atoms with Crippen molar-refractivity contribution in [2.75, 3.05) is 12.0 Å². The van der Waals surface area contributed by atoms with Gasteiger partial charge in [-0.3, -0.25) is 0 Å². The number of carboxylic acid groups (broad SMARTS) is 1. The third kappa shape index (κ3) is 3.59. The molecule has 2 aromatic rings. The molecular formula is C16H22N2O2S. The number of carboxylic acids is 1. The van der Waals surface area contributed by atoms with Crippen LogP contribution in [0.4, 0.5) is 0 Å². The number of fused-ring (bicyclic) bond motifs is 1. The Bertz CT molecular complexity index is 622. The summed E-state index contributed by atoms with van der Waals surface area (Å²) < 4.78 is 2.18. The molecule has 0 bridgehead atoms. The number of imidazole rings is 1. The van der Waals surface area contributed by atoms with Gasteiger partial charge in [-0.15, -0.1) is 0 Å². The van der Waals surface area contributed by atoms with Crippen molar-refractivity contribution in [2.24, 2.45) is 0 Å². The fourth-order valence-corrected chi connectivity index (χ4v) is 3.07. The second-order valence-electron chi connectivity index (χ2n) is 5.07. The molecule has 21 heavy (non-hydrogen) atoms. The number of aromatic nitrogens is 2. The van der Waals surface area contributed by atoms with E-state index in [2.05, 4.69) is 22.7 Å². The minimum Gasteiger partial charge on any atom is -0.478 e. The van der Waals surface area contributed by atoms with Crippen LogP contribution in [0.5, 0.6) is 0 Å². The number of aryl methyl sites for hydroxylation is 2. The van der Waals surface area contributed by atoms with Crippen LogP contribution in [0.3, 0.4) is 0 Å². The van der Waals surface area contributed by atoms with E-state index in [1.165, 1.54) is 18.6 Å². The molecule has 0 saturated carbocycles. The molecule has 0 spiro atoms. The Labute approximate surface area is 129 Å². The third-order valence-corrected chi connectivity index (χ3v) is 4.33. The summed E-state index contributed by atoms with van der Waals surface area (Å²) in [4.78, 5) is 15.8. The minimum atomic E-state index is -0.909. The van der Waals surface area contributed by atoms with E-state index in [1.54, 1.807) is 12.1 Å². The van der Waals surface area contributed by atoms with Gasteiger partial charge < -0.3 is 9.67 Å². The van der Waals surface area contributed by atoms with Crippen LogP contribution in [0.1, 0.15) is 42.4 Å². The van der Waals surface area contributed by atoms with Gasteiger partial charge in [0, 0.05) is 13.0 Å². The highest BCUT2D eigenvalue weighted by Gasteiger charge is 2.15. The Kier molecular flexibility index (Phi) is 5.67. The van der Waals surface area contributed by atoms with Crippen LogP contribution >= 0.6 is 11.8 Å². The van der Waals surface area contributed by atoms with Crippen molar-refractivity contribution < 1.29 is 9.90 Å². The molecule has 114 valence electrons. The maximum atomic E-state index is 11.3. The molecule has 0 amide bonds. The monoisotopic (exact) mass is 306 g/mol. The van der Waals surface area contributed by atoms with Crippen molar-refractivity contribution >= 4 is 28.8 Å². The van der Waals surface area contributed by atoms with Crippen LogP contribution in [0.2, 0.25) is 0 Å². The largest absolute Gasteiger partial charge is 0.478 e. The highest BCUT2D eigenvalue weighted by molar-refractivity contribution is 7.98. The smallest absolute Gasteiger partial charge is 0.337 e. The van der Waals surface area contributed by atoms with E-state index in [0.717, 1.165) is 30.7 Å². The number of hydrogen-bond donors (Lipinski definition) is 1. The summed E-state index contributed by atoms with van der Waals surface area (Å²) >= 11 is 1.88. The lowest BCUT2D eigenvalue weighted by Gasteiger charge is -2.08. The Morgan fingerprint density at radius 2 is 2.14 bits per heavy atom. The Morgan fingerprint density at radius 3 is 2.81 bits per heavy atom. The predicted octanol–water partition coefficient (Wildman–Crippen LogP) is 3.83. The number of benzene rings is 1. The zero-order valence-corrected chi connectivity index (χ0v) is 13.4. The molecule has 0 saturated heterocycles. The summed E-state index contributed by atoms with van der Waals surface area (Å²) in [7, 11) is 0. The molecule has 1 N–H and O–H groups in total. The van der Waals surface area contributed by atoms with Crippen LogP contribution < -0.4 is 0 Å². The number of nitrogens with zero attached hydrogens (tertiary/aromatic N) is 2. The van der Waals surface area contributed by atoms with Gasteiger partial charge in [-0.2, -0.15) is 11.8 Å². The summed E-state index contributed by atoms with van der Waals surface area (Å²) in [6.07, 6.45) is 6.48. The molecule has 0 aliphatic heterocycles. The number of rotatable bonds is 8. The highest BCUT2D eigenvalue weighted by atomic mass is 32.2. The van der Waals surface area contributed by atoms with Crippen molar-refractivity contribution in [1.29, 1.82) is 0 Å². The Balaban J connectivity index is 2.25. The van der Waals surface area contributed by atoms with Gasteiger partial charge in [-0.05, 0) is 37.0 Å². The van der Waals surface area contributed by atoms with Gasteiger partial charge in [-0.1, -0.05) is 19.4 Å². The number of para-hydroxylation sites is 1. The van der Waals surface area contributed by atoms with Crippen LogP contribution in [0, 0.1) is 0 Å². The van der Waals surface area contributed by atoms with Crippen molar-refractivity contribution in [3.63, 3.8) is 0 Å². The van der Waals surface area contributed by atoms with Gasteiger partial charge in [-0.25, -0.2) is 9.78 Å². The Hall–Kier alpha value is -1.49. The quantitative estimate of drug-likeness (QED) is 0.753. The SMILES string of the molecule is CCc1nc2c(C(=O)O)cccc2n1CCCCCSC. The molecular weight excluding hydrogens is 284 g/mol. The second kappa shape index (κ2) is 7.50. The number of carbonyl (C=O) groups is 1. The molecule has 1 aromatic heterocycles. The summed E-state index contributed by atoms with van der Waals surface area (Å²) in [6, 6.07) is 5.40. The average Bonchev–Trinajstić information content (AvgIpc) is 2.84. The number of thioether (sulfide) groups is 1. The van der Waals surface area contributed by atoms with Crippen LogP contribution in [-0.2, 0) is 13.0 Å². The first-order valence-electron chi connectivity index (χ1n) is 7.39. The maximum Gasteiger partial charge on any atom is 0.337 e. The highest BCUT2D eigenvalue weighted by Crippen LogP contribution is 2.21. The van der Waals surface area contributed by atoms with Crippen molar-refractivity contribution in [3.8, 4) is 0 Å². The van der Waals surface area contributed by atoms with Crippen LogP contribution in [-0.4, -0.2) is 32.6 Å². The molecule has 0 atom stereocenters. The molecule has 0 aliphatic rings. The first kappa shape index (κ1) is 15.9. The van der Waals surface area contributed by atoms with E-state index in [0.29, 0.717) is 11.1 Å². The van der Waals surface area contributed by atoms with Crippen molar-refractivity contribution in [3.05, 3.63) is 29.6 Å². The lowest BCUT2D eigenvalue weighted by molar-refractivity contribution is 0.0699. The van der Waals surface area contributed by atoms with Crippen molar-refractivity contribution in [2.45, 2.75) is 39.2 Å². The fourth-order valence-electron chi connectivity index (χ4n) is 2.58. The first-order chi connectivity index (χ1) is 10.2. The summed E-state index contributed by atoms with van der Waals surface area (Å²) in [6.45, 7) is 2.98. The molecule has 0 radical (unpaired) electrons. The van der Waals surface area contributed by atoms with Gasteiger partial charge in [0.1, 0.15) is 11.3 Å². The lowest BCUT2D eigenvalue weighted by atomic mass is 10.2. The predicted molar refractivity (Wildman–Crippen MR) is 88.3 cm³/mol. The van der Waals surface area contributed by atoms with Crippen molar-refractivity contribution in [1.82, 2.24) is 9.55 Å². The van der Waals surface area contributed by atoms with E-state index in [4.69, 9.17) is 0 Å². The van der Waals surface area contributed by atoms with E-state index in [-0.39, 0.29) is 0 Å². The topological polar surface area (TPSA) is 55.1 Å². The summed E-state index contributed by atoms with van der Waals surface area (Å²) in [5.74, 6) is 1.27. The second-order valence-corrected chi connectivity index (χ2v) is 6.05. The molecule has 0 unspecified atom stereocenters. The van der Waals surface area contributed by atoms with E-state index >= 15 is 0 Å². The van der Waals surface area contributed by atoms with Gasteiger partial charge in [0.15, 0.2) is 0 Å². The first-order valence-corrected chi connectivity index (χ1v) is 8.78. The van der Waals surface area contributed by atoms with Gasteiger partial charge in [0.2, 0.25) is 0 Å². The average molecular weight is 306 g/mol. The van der Waals surface area contributed by atoms with Gasteiger partial charge in [0.05, 0.1) is 11.1 Å². The standard InChI is InChI=1S/C16H22N2O2S/c1-3-14-17-15-12(16(19)20)8-7-9-13(15)18(14)10-5-4-6-11-21-2/h7-9H,3-6,10-11H2,1-2H3,(H,19,20). The molecule has 0 fully saturated rings. The molecule has 4 nitrogen and oxygen atoms in total.